The quantitative estimate of drug-likeness (QED) is 0.496. The van der Waals surface area contributed by atoms with Crippen LogP contribution in [-0.4, -0.2) is 11.0 Å². The smallest absolute Gasteiger partial charge is 0.131 e. The second kappa shape index (κ2) is 6.46. The van der Waals surface area contributed by atoms with Gasteiger partial charge in [0.2, 0.25) is 0 Å². The lowest BCUT2D eigenvalue weighted by Gasteiger charge is -2.11. The highest BCUT2D eigenvalue weighted by Crippen LogP contribution is 2.19. The van der Waals surface area contributed by atoms with Crippen molar-refractivity contribution >= 4 is 47.4 Å². The zero-order chi connectivity index (χ0) is 11.3. The number of anilines is 1. The van der Waals surface area contributed by atoms with E-state index in [0.29, 0.717) is 11.2 Å². The van der Waals surface area contributed by atoms with Crippen LogP contribution >= 0.6 is 41.7 Å². The van der Waals surface area contributed by atoms with Gasteiger partial charge in [-0.15, -0.1) is 0 Å². The molecule has 0 unspecified atom stereocenters. The van der Waals surface area contributed by atoms with Gasteiger partial charge in [0.05, 0.1) is 11.3 Å². The predicted octanol–water partition coefficient (Wildman–Crippen LogP) is 3.95. The van der Waals surface area contributed by atoms with E-state index in [9.17, 15) is 0 Å². The van der Waals surface area contributed by atoms with Crippen molar-refractivity contribution in [2.24, 2.45) is 0 Å². The van der Waals surface area contributed by atoms with Crippen LogP contribution < -0.4 is 5.32 Å². The van der Waals surface area contributed by atoms with Crippen molar-refractivity contribution < 1.29 is 0 Å². The second-order valence-electron chi connectivity index (χ2n) is 3.16. The summed E-state index contributed by atoms with van der Waals surface area (Å²) in [5.74, 6) is 3.02. The molecule has 1 rings (SSSR count). The maximum absolute atomic E-state index is 5.83. The molecule has 5 heteroatoms. The van der Waals surface area contributed by atoms with Crippen LogP contribution in [-0.2, 0) is 0 Å². The highest BCUT2D eigenvalue weighted by atomic mass is 127. The summed E-state index contributed by atoms with van der Waals surface area (Å²) in [6, 6.07) is 2.14. The van der Waals surface area contributed by atoms with Crippen LogP contribution in [0, 0.1) is 11.2 Å². The van der Waals surface area contributed by atoms with Crippen molar-refractivity contribution in [1.82, 2.24) is 4.98 Å². The summed E-state index contributed by atoms with van der Waals surface area (Å²) in [5, 5.41) is 6.69. The molecule has 1 aromatic heterocycles. The molecule has 15 heavy (non-hydrogen) atoms. The summed E-state index contributed by atoms with van der Waals surface area (Å²) in [6.45, 7) is 4.14. The summed E-state index contributed by atoms with van der Waals surface area (Å²) in [7, 11) is 1.45. The van der Waals surface area contributed by atoms with E-state index in [0.717, 1.165) is 11.3 Å². The molecular formula is C10H10ClIN2S. The first-order valence-electron chi connectivity index (χ1n) is 4.34. The van der Waals surface area contributed by atoms with Gasteiger partial charge in [-0.25, -0.2) is 4.98 Å². The third kappa shape index (κ3) is 4.49. The van der Waals surface area contributed by atoms with E-state index in [1.54, 1.807) is 12.3 Å². The number of pyridine rings is 1. The normalized spacial score (nSPS) is 9.67. The van der Waals surface area contributed by atoms with Gasteiger partial charge in [-0.3, -0.25) is 0 Å². The lowest BCUT2D eigenvalue weighted by atomic mass is 10.2. The Morgan fingerprint density at radius 2 is 2.33 bits per heavy atom. The van der Waals surface area contributed by atoms with Gasteiger partial charge in [0, 0.05) is 33.4 Å². The molecule has 80 valence electrons. The lowest BCUT2D eigenvalue weighted by Crippen LogP contribution is -2.11. The van der Waals surface area contributed by atoms with E-state index >= 15 is 0 Å². The molecule has 1 aromatic rings. The fourth-order valence-electron chi connectivity index (χ4n) is 1.03. The molecule has 2 nitrogen and oxygen atoms in total. The monoisotopic (exact) mass is 352 g/mol. The SMILES string of the molecule is CC(C)Nc1cc(Cl)ncc1C#CSI. The highest BCUT2D eigenvalue weighted by molar-refractivity contribution is 14.2. The van der Waals surface area contributed by atoms with Gasteiger partial charge in [-0.2, -0.15) is 0 Å². The number of halogens is 2. The summed E-state index contributed by atoms with van der Waals surface area (Å²) in [4.78, 5) is 4.01. The second-order valence-corrected chi connectivity index (χ2v) is 5.22. The first kappa shape index (κ1) is 12.9. The Morgan fingerprint density at radius 3 is 2.93 bits per heavy atom. The number of hydrogen-bond donors (Lipinski definition) is 1. The number of aromatic nitrogens is 1. The Bertz CT molecular complexity index is 398. The topological polar surface area (TPSA) is 24.9 Å². The number of nitrogens with one attached hydrogen (secondary N) is 1. The minimum Gasteiger partial charge on any atom is -0.382 e. The van der Waals surface area contributed by atoms with Crippen molar-refractivity contribution in [3.05, 3.63) is 23.0 Å². The fraction of sp³-hybridized carbons (Fsp3) is 0.300. The van der Waals surface area contributed by atoms with E-state index in [4.69, 9.17) is 11.6 Å². The standard InChI is InChI=1S/C10H10ClIN2S/c1-7(2)14-9-5-10(11)13-6-8(9)3-4-15-12/h5-7H,1-2H3,(H,13,14). The number of nitrogens with zero attached hydrogens (tertiary/aromatic N) is 1. The van der Waals surface area contributed by atoms with E-state index in [1.807, 2.05) is 0 Å². The summed E-state index contributed by atoms with van der Waals surface area (Å²) in [5.41, 5.74) is 1.81. The van der Waals surface area contributed by atoms with Gasteiger partial charge in [-0.1, -0.05) is 17.5 Å². The van der Waals surface area contributed by atoms with Gasteiger partial charge in [-0.05, 0) is 34.1 Å². The van der Waals surface area contributed by atoms with Crippen molar-refractivity contribution in [2.45, 2.75) is 19.9 Å². The largest absolute Gasteiger partial charge is 0.382 e. The molecule has 0 spiro atoms. The third-order valence-corrected chi connectivity index (χ3v) is 2.59. The molecule has 0 aliphatic carbocycles. The maximum atomic E-state index is 5.83. The van der Waals surface area contributed by atoms with Gasteiger partial charge in [0.25, 0.3) is 0 Å². The molecule has 0 fully saturated rings. The highest BCUT2D eigenvalue weighted by Gasteiger charge is 2.03. The van der Waals surface area contributed by atoms with Crippen LogP contribution in [0.4, 0.5) is 5.69 Å². The fourth-order valence-corrected chi connectivity index (χ4v) is 1.67. The summed E-state index contributed by atoms with van der Waals surface area (Å²) >= 11 is 7.96. The molecule has 0 amide bonds. The van der Waals surface area contributed by atoms with Crippen molar-refractivity contribution in [2.75, 3.05) is 5.32 Å². The molecule has 0 saturated heterocycles. The van der Waals surface area contributed by atoms with Crippen molar-refractivity contribution in [3.63, 3.8) is 0 Å². The average molecular weight is 353 g/mol. The van der Waals surface area contributed by atoms with Gasteiger partial charge in [0.15, 0.2) is 0 Å². The van der Waals surface area contributed by atoms with Crippen molar-refractivity contribution in [3.8, 4) is 11.2 Å². The molecule has 0 bridgehead atoms. The predicted molar refractivity (Wildman–Crippen MR) is 76.5 cm³/mol. The molecule has 0 radical (unpaired) electrons. The van der Waals surface area contributed by atoms with E-state index in [-0.39, 0.29) is 0 Å². The summed E-state index contributed by atoms with van der Waals surface area (Å²) < 4.78 is 0. The minimum atomic E-state index is 0.344. The van der Waals surface area contributed by atoms with E-state index in [1.165, 1.54) is 8.93 Å². The lowest BCUT2D eigenvalue weighted by molar-refractivity contribution is 0.898. The van der Waals surface area contributed by atoms with Crippen LogP contribution in [0.2, 0.25) is 5.15 Å². The number of rotatable bonds is 2. The van der Waals surface area contributed by atoms with Crippen LogP contribution in [0.3, 0.4) is 0 Å². The molecule has 1 heterocycles. The van der Waals surface area contributed by atoms with Gasteiger partial charge in [0.1, 0.15) is 5.15 Å². The van der Waals surface area contributed by atoms with Crippen molar-refractivity contribution in [1.29, 1.82) is 0 Å². The van der Waals surface area contributed by atoms with Gasteiger partial charge >= 0.3 is 0 Å². The Kier molecular flexibility index (Phi) is 5.58. The zero-order valence-corrected chi connectivity index (χ0v) is 12.1. The Labute approximate surface area is 111 Å². The molecule has 0 saturated carbocycles. The van der Waals surface area contributed by atoms with Crippen LogP contribution in [0.15, 0.2) is 12.3 Å². The third-order valence-electron chi connectivity index (χ3n) is 1.54. The Hall–Kier alpha value is -0.120. The minimum absolute atomic E-state index is 0.344. The average Bonchev–Trinajstić information content (AvgIpc) is 2.16. The van der Waals surface area contributed by atoms with Crippen LogP contribution in [0.25, 0.3) is 0 Å². The number of hydrogen-bond acceptors (Lipinski definition) is 3. The molecule has 0 aliphatic rings. The first-order chi connectivity index (χ1) is 7.13. The van der Waals surface area contributed by atoms with Crippen LogP contribution in [0.5, 0.6) is 0 Å². The van der Waals surface area contributed by atoms with Gasteiger partial charge < -0.3 is 5.32 Å². The summed E-state index contributed by atoms with van der Waals surface area (Å²) in [6.07, 6.45) is 1.69. The molecule has 0 atom stereocenters. The molecule has 0 aromatic carbocycles. The zero-order valence-electron chi connectivity index (χ0n) is 8.34. The van der Waals surface area contributed by atoms with E-state index in [2.05, 4.69) is 56.5 Å². The van der Waals surface area contributed by atoms with Crippen LogP contribution in [0.1, 0.15) is 19.4 Å². The molecular weight excluding hydrogens is 343 g/mol. The van der Waals surface area contributed by atoms with E-state index < -0.39 is 0 Å². The first-order valence-corrected chi connectivity index (χ1v) is 8.08. The Balaban J connectivity index is 3.03. The molecule has 1 N–H and O–H groups in total. The Morgan fingerprint density at radius 1 is 1.60 bits per heavy atom. The maximum Gasteiger partial charge on any atom is 0.131 e. The molecule has 0 aliphatic heterocycles.